The molecule has 0 spiro atoms. The van der Waals surface area contributed by atoms with Gasteiger partial charge in [-0.1, -0.05) is 6.92 Å². The molecule has 0 saturated carbocycles. The minimum Gasteiger partial charge on any atom is -0.303 e. The molecule has 0 aromatic rings. The third-order valence-corrected chi connectivity index (χ3v) is 0.742. The number of hydrogen-bond donors (Lipinski definition) is 4. The van der Waals surface area contributed by atoms with Gasteiger partial charge in [0, 0.05) is 0 Å². The molecule has 0 aromatic carbocycles. The molecule has 0 fully saturated rings. The first kappa shape index (κ1) is 7.84. The van der Waals surface area contributed by atoms with E-state index in [9.17, 15) is 0 Å². The molecule has 0 rings (SSSR count). The van der Waals surface area contributed by atoms with Gasteiger partial charge in [0.25, 0.3) is 0 Å². The molecule has 50 valence electrons. The van der Waals surface area contributed by atoms with Crippen molar-refractivity contribution >= 4 is 0 Å². The summed E-state index contributed by atoms with van der Waals surface area (Å²) in [6.45, 7) is 3.85. The van der Waals surface area contributed by atoms with E-state index in [2.05, 4.69) is 23.2 Å². The summed E-state index contributed by atoms with van der Waals surface area (Å²) in [4.78, 5) is 0. The number of rotatable bonds is 5. The van der Waals surface area contributed by atoms with Crippen LogP contribution in [0.25, 0.3) is 0 Å². The zero-order valence-electron chi connectivity index (χ0n) is 5.20. The van der Waals surface area contributed by atoms with Crippen LogP contribution in [0.15, 0.2) is 0 Å². The molecule has 4 nitrogen and oxygen atoms in total. The highest BCUT2D eigenvalue weighted by Crippen LogP contribution is 1.64. The first-order valence-corrected chi connectivity index (χ1v) is 2.81. The van der Waals surface area contributed by atoms with Crippen LogP contribution in [0, 0.1) is 0 Å². The maximum absolute atomic E-state index is 4.91. The second-order valence-corrected chi connectivity index (χ2v) is 1.50. The van der Waals surface area contributed by atoms with Crippen LogP contribution in [0.2, 0.25) is 0 Å². The van der Waals surface area contributed by atoms with Gasteiger partial charge < -0.3 is 5.32 Å². The summed E-state index contributed by atoms with van der Waals surface area (Å²) in [7, 11) is 0. The lowest BCUT2D eigenvalue weighted by Gasteiger charge is -2.01. The lowest BCUT2D eigenvalue weighted by molar-refractivity contribution is 0.500. The van der Waals surface area contributed by atoms with Crippen LogP contribution in [0.3, 0.4) is 0 Å². The van der Waals surface area contributed by atoms with Gasteiger partial charge in [0.15, 0.2) is 0 Å². The standard InChI is InChI=1S/C4H14N4/c1-2-3-6-4-7-8-5/h6-8H,2-5H2,1H3. The average molecular weight is 118 g/mol. The largest absolute Gasteiger partial charge is 0.303 e. The smallest absolute Gasteiger partial charge is 0.0603 e. The zero-order chi connectivity index (χ0) is 6.24. The van der Waals surface area contributed by atoms with E-state index < -0.39 is 0 Å². The molecule has 8 heavy (non-hydrogen) atoms. The number of nitrogens with two attached hydrogens (primary N) is 1. The van der Waals surface area contributed by atoms with Crippen molar-refractivity contribution in [1.82, 2.24) is 16.3 Å². The normalized spacial score (nSPS) is 9.75. The van der Waals surface area contributed by atoms with Crippen molar-refractivity contribution < 1.29 is 0 Å². The predicted octanol–water partition coefficient (Wildman–Crippen LogP) is -1.09. The van der Waals surface area contributed by atoms with Crippen molar-refractivity contribution in [1.29, 1.82) is 0 Å². The van der Waals surface area contributed by atoms with E-state index in [0.29, 0.717) is 6.67 Å². The van der Waals surface area contributed by atoms with Crippen LogP contribution in [-0.4, -0.2) is 13.2 Å². The van der Waals surface area contributed by atoms with E-state index >= 15 is 0 Å². The quantitative estimate of drug-likeness (QED) is 0.160. The van der Waals surface area contributed by atoms with E-state index in [1.165, 1.54) is 0 Å². The summed E-state index contributed by atoms with van der Waals surface area (Å²) >= 11 is 0. The number of nitrogens with one attached hydrogen (secondary N) is 3. The Kier molecular flexibility index (Phi) is 6.70. The molecule has 5 N–H and O–H groups in total. The maximum Gasteiger partial charge on any atom is 0.0603 e. The minimum atomic E-state index is 0.713. The number of hydrogen-bond acceptors (Lipinski definition) is 4. The highest BCUT2D eigenvalue weighted by Gasteiger charge is 1.77. The molecule has 0 aliphatic rings. The molecule has 0 saturated heterocycles. The summed E-state index contributed by atoms with van der Waals surface area (Å²) in [5.74, 6) is 4.91. The fourth-order valence-electron chi connectivity index (χ4n) is 0.379. The van der Waals surface area contributed by atoms with Crippen LogP contribution >= 0.6 is 0 Å². The van der Waals surface area contributed by atoms with Crippen LogP contribution in [-0.2, 0) is 0 Å². The monoisotopic (exact) mass is 118 g/mol. The van der Waals surface area contributed by atoms with Crippen LogP contribution in [0.1, 0.15) is 13.3 Å². The first-order chi connectivity index (χ1) is 3.91. The summed E-state index contributed by atoms with van der Waals surface area (Å²) in [6, 6.07) is 0. The molecule has 0 unspecified atom stereocenters. The Morgan fingerprint density at radius 2 is 2.25 bits per heavy atom. The van der Waals surface area contributed by atoms with Gasteiger partial charge in [0.1, 0.15) is 0 Å². The van der Waals surface area contributed by atoms with Crippen molar-refractivity contribution in [2.45, 2.75) is 13.3 Å². The Bertz CT molecular complexity index is 33.0. The van der Waals surface area contributed by atoms with Gasteiger partial charge >= 0.3 is 0 Å². The van der Waals surface area contributed by atoms with E-state index in [0.717, 1.165) is 13.0 Å². The van der Waals surface area contributed by atoms with Gasteiger partial charge in [0.2, 0.25) is 0 Å². The SMILES string of the molecule is CCCNCNNN. The fourth-order valence-corrected chi connectivity index (χ4v) is 0.379. The van der Waals surface area contributed by atoms with E-state index in [1.807, 2.05) is 0 Å². The van der Waals surface area contributed by atoms with Crippen molar-refractivity contribution in [3.8, 4) is 0 Å². The van der Waals surface area contributed by atoms with Crippen molar-refractivity contribution in [2.24, 2.45) is 5.84 Å². The molecule has 0 aliphatic carbocycles. The average Bonchev–Trinajstić information content (AvgIpc) is 1.81. The second kappa shape index (κ2) is 6.84. The molecule has 0 bridgehead atoms. The van der Waals surface area contributed by atoms with Gasteiger partial charge in [-0.05, 0) is 13.0 Å². The second-order valence-electron chi connectivity index (χ2n) is 1.50. The molecule has 0 heterocycles. The summed E-state index contributed by atoms with van der Waals surface area (Å²) in [5, 5.41) is 3.08. The van der Waals surface area contributed by atoms with Crippen molar-refractivity contribution in [3.63, 3.8) is 0 Å². The lowest BCUT2D eigenvalue weighted by atomic mass is 10.5. The number of hydrazine groups is 2. The Hall–Kier alpha value is -0.160. The summed E-state index contributed by atoms with van der Waals surface area (Å²) in [6.07, 6.45) is 1.15. The van der Waals surface area contributed by atoms with Crippen LogP contribution in [0.4, 0.5) is 0 Å². The molecule has 0 amide bonds. The third-order valence-electron chi connectivity index (χ3n) is 0.742. The van der Waals surface area contributed by atoms with Crippen molar-refractivity contribution in [2.75, 3.05) is 13.2 Å². The zero-order valence-corrected chi connectivity index (χ0v) is 5.20. The topological polar surface area (TPSA) is 62.1 Å². The van der Waals surface area contributed by atoms with Gasteiger partial charge in [-0.3, -0.25) is 5.84 Å². The van der Waals surface area contributed by atoms with E-state index in [-0.39, 0.29) is 0 Å². The van der Waals surface area contributed by atoms with E-state index in [4.69, 9.17) is 5.84 Å². The Balaban J connectivity index is 2.53. The highest BCUT2D eigenvalue weighted by atomic mass is 15.5. The van der Waals surface area contributed by atoms with Crippen LogP contribution < -0.4 is 22.1 Å². The highest BCUT2D eigenvalue weighted by molar-refractivity contribution is 4.37. The summed E-state index contributed by atoms with van der Waals surface area (Å²) < 4.78 is 0. The Morgan fingerprint density at radius 3 is 2.75 bits per heavy atom. The minimum absolute atomic E-state index is 0.713. The molecule has 0 atom stereocenters. The Labute approximate surface area is 49.8 Å². The van der Waals surface area contributed by atoms with Gasteiger partial charge in [0.05, 0.1) is 6.67 Å². The fraction of sp³-hybridized carbons (Fsp3) is 1.00. The van der Waals surface area contributed by atoms with E-state index in [1.54, 1.807) is 0 Å². The molecular formula is C4H14N4. The molecule has 4 heteroatoms. The maximum atomic E-state index is 4.91. The van der Waals surface area contributed by atoms with Gasteiger partial charge in [-0.2, -0.15) is 5.53 Å². The van der Waals surface area contributed by atoms with Gasteiger partial charge in [-0.15, -0.1) is 0 Å². The Morgan fingerprint density at radius 1 is 1.50 bits per heavy atom. The van der Waals surface area contributed by atoms with Crippen molar-refractivity contribution in [3.05, 3.63) is 0 Å². The molecule has 0 aliphatic heterocycles. The first-order valence-electron chi connectivity index (χ1n) is 2.81. The predicted molar refractivity (Wildman–Crippen MR) is 33.6 cm³/mol. The van der Waals surface area contributed by atoms with Gasteiger partial charge in [-0.25, -0.2) is 5.43 Å². The molecule has 0 aromatic heterocycles. The molecule has 0 radical (unpaired) electrons. The third kappa shape index (κ3) is 5.84. The van der Waals surface area contributed by atoms with Crippen LogP contribution in [0.5, 0.6) is 0 Å². The molecular weight excluding hydrogens is 104 g/mol. The lowest BCUT2D eigenvalue weighted by Crippen LogP contribution is -2.43. The summed E-state index contributed by atoms with van der Waals surface area (Å²) in [5.41, 5.74) is 5.01.